The quantitative estimate of drug-likeness (QED) is 0.837. The number of hydrogen-bond donors (Lipinski definition) is 2. The lowest BCUT2D eigenvalue weighted by Gasteiger charge is -2.13. The highest BCUT2D eigenvalue weighted by molar-refractivity contribution is 8.00. The molecule has 0 radical (unpaired) electrons. The number of nitrogens with zero attached hydrogens (tertiary/aromatic N) is 1. The molecule has 1 aromatic rings. The van der Waals surface area contributed by atoms with Crippen LogP contribution in [0.3, 0.4) is 0 Å². The molecule has 2 N–H and O–H groups in total. The Morgan fingerprint density at radius 2 is 2.35 bits per heavy atom. The Balaban J connectivity index is 1.95. The van der Waals surface area contributed by atoms with Crippen molar-refractivity contribution in [1.29, 1.82) is 0 Å². The fraction of sp³-hybridized carbons (Fsp3) is 0.500. The minimum Gasteiger partial charge on any atom is -0.373 e. The van der Waals surface area contributed by atoms with Crippen molar-refractivity contribution in [1.82, 2.24) is 10.3 Å². The normalized spacial score (nSPS) is 16.4. The van der Waals surface area contributed by atoms with Gasteiger partial charge in [0.2, 0.25) is 0 Å². The molecule has 1 aliphatic rings. The molecular weight excluding hydrogens is 234 g/mol. The number of anilines is 1. The monoisotopic (exact) mass is 251 g/mol. The lowest BCUT2D eigenvalue weighted by molar-refractivity contribution is 0.0953. The summed E-state index contributed by atoms with van der Waals surface area (Å²) < 4.78 is 0.300. The zero-order chi connectivity index (χ0) is 12.3. The van der Waals surface area contributed by atoms with E-state index in [1.807, 2.05) is 11.8 Å². The van der Waals surface area contributed by atoms with Crippen LogP contribution in [0, 0.1) is 0 Å². The van der Waals surface area contributed by atoms with Gasteiger partial charge in [-0.2, -0.15) is 11.8 Å². The van der Waals surface area contributed by atoms with E-state index in [9.17, 15) is 4.79 Å². The molecule has 1 aliphatic carbocycles. The summed E-state index contributed by atoms with van der Waals surface area (Å²) in [5, 5.41) is 5.91. The topological polar surface area (TPSA) is 54.0 Å². The average molecular weight is 251 g/mol. The number of pyridine rings is 1. The molecule has 1 heterocycles. The average Bonchev–Trinajstić information content (AvgIpc) is 3.17. The second-order valence-corrected chi connectivity index (χ2v) is 5.52. The first kappa shape index (κ1) is 12.2. The molecule has 5 heteroatoms. The molecule has 0 spiro atoms. The van der Waals surface area contributed by atoms with Gasteiger partial charge in [-0.1, -0.05) is 0 Å². The summed E-state index contributed by atoms with van der Waals surface area (Å²) in [5.74, 6) is 0.688. The number of amides is 1. The standard InChI is InChI=1S/C12H17N3OS/c1-13-10-7-9(3-6-14-10)11(16)15-8-12(17-2)4-5-12/h3,6-7H,4-5,8H2,1-2H3,(H,13,14)(H,15,16). The maximum Gasteiger partial charge on any atom is 0.251 e. The Morgan fingerprint density at radius 3 is 2.94 bits per heavy atom. The Bertz CT molecular complexity index is 418. The van der Waals surface area contributed by atoms with Crippen LogP contribution in [-0.2, 0) is 0 Å². The maximum atomic E-state index is 11.9. The highest BCUT2D eigenvalue weighted by Gasteiger charge is 2.41. The summed E-state index contributed by atoms with van der Waals surface area (Å²) in [7, 11) is 1.79. The van der Waals surface area contributed by atoms with E-state index in [4.69, 9.17) is 0 Å². The second-order valence-electron chi connectivity index (χ2n) is 4.25. The van der Waals surface area contributed by atoms with Gasteiger partial charge in [-0.25, -0.2) is 4.98 Å². The van der Waals surface area contributed by atoms with Crippen molar-refractivity contribution in [2.24, 2.45) is 0 Å². The Kier molecular flexibility index (Phi) is 3.57. The first-order chi connectivity index (χ1) is 8.19. The van der Waals surface area contributed by atoms with E-state index in [1.54, 1.807) is 25.4 Å². The third-order valence-corrected chi connectivity index (χ3v) is 4.51. The molecule has 1 aromatic heterocycles. The molecule has 0 saturated heterocycles. The van der Waals surface area contributed by atoms with Gasteiger partial charge in [0, 0.05) is 30.1 Å². The highest BCUT2D eigenvalue weighted by Crippen LogP contribution is 2.46. The first-order valence-electron chi connectivity index (χ1n) is 5.66. The summed E-state index contributed by atoms with van der Waals surface area (Å²) in [6.07, 6.45) is 6.14. The van der Waals surface area contributed by atoms with Crippen LogP contribution in [0.25, 0.3) is 0 Å². The number of carbonyl (C=O) groups excluding carboxylic acids is 1. The predicted octanol–water partition coefficient (Wildman–Crippen LogP) is 1.75. The number of rotatable bonds is 5. The van der Waals surface area contributed by atoms with Crippen molar-refractivity contribution in [3.63, 3.8) is 0 Å². The van der Waals surface area contributed by atoms with E-state index >= 15 is 0 Å². The van der Waals surface area contributed by atoms with Crippen molar-refractivity contribution in [3.8, 4) is 0 Å². The van der Waals surface area contributed by atoms with Gasteiger partial charge in [0.1, 0.15) is 5.82 Å². The van der Waals surface area contributed by atoms with E-state index in [2.05, 4.69) is 21.9 Å². The van der Waals surface area contributed by atoms with E-state index < -0.39 is 0 Å². The summed E-state index contributed by atoms with van der Waals surface area (Å²) >= 11 is 1.84. The zero-order valence-electron chi connectivity index (χ0n) is 10.1. The molecule has 1 amide bonds. The lowest BCUT2D eigenvalue weighted by Crippen LogP contribution is -2.31. The molecule has 0 aromatic carbocycles. The van der Waals surface area contributed by atoms with E-state index in [1.165, 1.54) is 12.8 Å². The number of carbonyl (C=O) groups is 1. The number of thioether (sulfide) groups is 1. The van der Waals surface area contributed by atoms with Crippen LogP contribution in [0.2, 0.25) is 0 Å². The van der Waals surface area contributed by atoms with Gasteiger partial charge in [0.05, 0.1) is 0 Å². The van der Waals surface area contributed by atoms with Crippen molar-refractivity contribution in [3.05, 3.63) is 23.9 Å². The Labute approximate surface area is 106 Å². The van der Waals surface area contributed by atoms with Crippen LogP contribution in [0.5, 0.6) is 0 Å². The number of aromatic nitrogens is 1. The maximum absolute atomic E-state index is 11.9. The third kappa shape index (κ3) is 2.91. The summed E-state index contributed by atoms with van der Waals surface area (Å²) in [6.45, 7) is 0.754. The fourth-order valence-corrected chi connectivity index (χ4v) is 2.37. The van der Waals surface area contributed by atoms with Gasteiger partial charge in [0.15, 0.2) is 0 Å². The summed E-state index contributed by atoms with van der Waals surface area (Å²) in [4.78, 5) is 16.0. The molecule has 0 unspecified atom stereocenters. The Hall–Kier alpha value is -1.23. The SMILES string of the molecule is CNc1cc(C(=O)NCC2(SC)CC2)ccn1. The third-order valence-electron chi connectivity index (χ3n) is 3.09. The predicted molar refractivity (Wildman–Crippen MR) is 71.6 cm³/mol. The van der Waals surface area contributed by atoms with Gasteiger partial charge in [0.25, 0.3) is 5.91 Å². The molecular formula is C12H17N3OS. The molecule has 1 fully saturated rings. The molecule has 1 saturated carbocycles. The van der Waals surface area contributed by atoms with E-state index in [0.29, 0.717) is 16.1 Å². The van der Waals surface area contributed by atoms with Crippen LogP contribution in [0.15, 0.2) is 18.3 Å². The van der Waals surface area contributed by atoms with Gasteiger partial charge in [-0.3, -0.25) is 4.79 Å². The van der Waals surface area contributed by atoms with Gasteiger partial charge in [-0.15, -0.1) is 0 Å². The zero-order valence-corrected chi connectivity index (χ0v) is 10.9. The van der Waals surface area contributed by atoms with Crippen LogP contribution < -0.4 is 10.6 Å². The van der Waals surface area contributed by atoms with E-state index in [0.717, 1.165) is 6.54 Å². The fourth-order valence-electron chi connectivity index (χ4n) is 1.64. The van der Waals surface area contributed by atoms with Crippen molar-refractivity contribution in [2.45, 2.75) is 17.6 Å². The van der Waals surface area contributed by atoms with E-state index in [-0.39, 0.29) is 5.91 Å². The minimum absolute atomic E-state index is 0.0239. The van der Waals surface area contributed by atoms with Crippen molar-refractivity contribution < 1.29 is 4.79 Å². The molecule has 92 valence electrons. The first-order valence-corrected chi connectivity index (χ1v) is 6.89. The van der Waals surface area contributed by atoms with Crippen LogP contribution in [0.1, 0.15) is 23.2 Å². The number of hydrogen-bond acceptors (Lipinski definition) is 4. The molecule has 0 bridgehead atoms. The second kappa shape index (κ2) is 4.96. The van der Waals surface area contributed by atoms with Gasteiger partial charge in [-0.05, 0) is 31.2 Å². The lowest BCUT2D eigenvalue weighted by atomic mass is 10.2. The van der Waals surface area contributed by atoms with Gasteiger partial charge < -0.3 is 10.6 Å². The van der Waals surface area contributed by atoms with Crippen molar-refractivity contribution in [2.75, 3.05) is 25.2 Å². The van der Waals surface area contributed by atoms with Gasteiger partial charge >= 0.3 is 0 Å². The molecule has 0 aliphatic heterocycles. The largest absolute Gasteiger partial charge is 0.373 e. The van der Waals surface area contributed by atoms with Crippen LogP contribution in [0.4, 0.5) is 5.82 Å². The number of nitrogens with one attached hydrogen (secondary N) is 2. The molecule has 0 atom stereocenters. The Morgan fingerprint density at radius 1 is 1.59 bits per heavy atom. The molecule has 4 nitrogen and oxygen atoms in total. The highest BCUT2D eigenvalue weighted by atomic mass is 32.2. The van der Waals surface area contributed by atoms with Crippen LogP contribution in [-0.4, -0.2) is 35.5 Å². The van der Waals surface area contributed by atoms with Crippen LogP contribution >= 0.6 is 11.8 Å². The van der Waals surface area contributed by atoms with Crippen molar-refractivity contribution >= 4 is 23.5 Å². The smallest absolute Gasteiger partial charge is 0.251 e. The molecule has 2 rings (SSSR count). The molecule has 17 heavy (non-hydrogen) atoms. The minimum atomic E-state index is -0.0239. The summed E-state index contributed by atoms with van der Waals surface area (Å²) in [5.41, 5.74) is 0.654. The summed E-state index contributed by atoms with van der Waals surface area (Å²) in [6, 6.07) is 3.49.